The number of aliphatic imine (C=N–C) groups is 1. The van der Waals surface area contributed by atoms with Gasteiger partial charge in [0.2, 0.25) is 11.9 Å². The molecule has 0 aromatic rings. The minimum Gasteiger partial charge on any atom is -0.465 e. The van der Waals surface area contributed by atoms with E-state index in [1.54, 1.807) is 6.92 Å². The van der Waals surface area contributed by atoms with Crippen molar-refractivity contribution in [1.82, 2.24) is 5.32 Å². The molecule has 1 amide bonds. The van der Waals surface area contributed by atoms with Gasteiger partial charge < -0.3 is 4.74 Å². The molecule has 1 atom stereocenters. The lowest BCUT2D eigenvalue weighted by molar-refractivity contribution is -0.148. The summed E-state index contributed by atoms with van der Waals surface area (Å²) in [6, 6.07) is 0. The van der Waals surface area contributed by atoms with Gasteiger partial charge in [0.15, 0.2) is 5.92 Å². The zero-order valence-corrected chi connectivity index (χ0v) is 7.03. The summed E-state index contributed by atoms with van der Waals surface area (Å²) in [5.41, 5.74) is 0. The largest absolute Gasteiger partial charge is 0.465 e. The van der Waals surface area contributed by atoms with Crippen molar-refractivity contribution in [3.63, 3.8) is 0 Å². The van der Waals surface area contributed by atoms with E-state index in [4.69, 9.17) is 5.41 Å². The number of carbonyl (C=O) groups is 2. The van der Waals surface area contributed by atoms with Crippen LogP contribution in [0.5, 0.6) is 0 Å². The van der Waals surface area contributed by atoms with E-state index in [2.05, 4.69) is 15.0 Å². The van der Waals surface area contributed by atoms with Crippen LogP contribution in [0, 0.1) is 11.3 Å². The van der Waals surface area contributed by atoms with E-state index in [0.29, 0.717) is 0 Å². The average molecular weight is 183 g/mol. The van der Waals surface area contributed by atoms with E-state index < -0.39 is 17.8 Å². The van der Waals surface area contributed by atoms with Crippen LogP contribution in [0.2, 0.25) is 0 Å². The lowest BCUT2D eigenvalue weighted by Crippen LogP contribution is -2.43. The van der Waals surface area contributed by atoms with Crippen molar-refractivity contribution in [3.05, 3.63) is 0 Å². The van der Waals surface area contributed by atoms with Gasteiger partial charge in [-0.05, 0) is 6.92 Å². The first-order valence-corrected chi connectivity index (χ1v) is 3.75. The van der Waals surface area contributed by atoms with Gasteiger partial charge in [0, 0.05) is 6.21 Å². The molecule has 0 fully saturated rings. The fraction of sp³-hybridized carbons (Fsp3) is 0.429. The van der Waals surface area contributed by atoms with E-state index in [1.165, 1.54) is 0 Å². The SMILES string of the molecule is CCOC(=O)C1C=NC(=N)NC1=O. The van der Waals surface area contributed by atoms with Crippen LogP contribution in [0.3, 0.4) is 0 Å². The van der Waals surface area contributed by atoms with Crippen molar-refractivity contribution in [2.75, 3.05) is 6.61 Å². The normalized spacial score (nSPS) is 21.2. The van der Waals surface area contributed by atoms with E-state index >= 15 is 0 Å². The summed E-state index contributed by atoms with van der Waals surface area (Å²) in [5.74, 6) is -2.49. The van der Waals surface area contributed by atoms with E-state index in [0.717, 1.165) is 6.21 Å². The standard InChI is InChI=1S/C7H9N3O3/c1-2-13-6(12)4-3-9-7(8)10-5(4)11/h3-4H,2H2,1H3,(H2,8,10,11). The molecule has 0 spiro atoms. The van der Waals surface area contributed by atoms with Crippen molar-refractivity contribution in [2.24, 2.45) is 10.9 Å². The fourth-order valence-electron chi connectivity index (χ4n) is 0.843. The molecule has 6 nitrogen and oxygen atoms in total. The Morgan fingerprint density at radius 3 is 3.08 bits per heavy atom. The van der Waals surface area contributed by atoms with Crippen LogP contribution < -0.4 is 5.32 Å². The number of nitrogens with zero attached hydrogens (tertiary/aromatic N) is 1. The van der Waals surface area contributed by atoms with Gasteiger partial charge in [0.1, 0.15) is 0 Å². The van der Waals surface area contributed by atoms with Crippen LogP contribution in [0.1, 0.15) is 6.92 Å². The summed E-state index contributed by atoms with van der Waals surface area (Å²) in [6.07, 6.45) is 1.11. The Bertz CT molecular complexity index is 285. The van der Waals surface area contributed by atoms with Crippen LogP contribution in [0.15, 0.2) is 4.99 Å². The summed E-state index contributed by atoms with van der Waals surface area (Å²) in [4.78, 5) is 25.6. The maximum Gasteiger partial charge on any atom is 0.324 e. The minimum atomic E-state index is -1.02. The first-order valence-electron chi connectivity index (χ1n) is 3.75. The third-order valence-corrected chi connectivity index (χ3v) is 1.42. The van der Waals surface area contributed by atoms with Crippen LogP contribution in [0.4, 0.5) is 0 Å². The highest BCUT2D eigenvalue weighted by Crippen LogP contribution is 2.01. The molecule has 0 saturated heterocycles. The van der Waals surface area contributed by atoms with Gasteiger partial charge in [0.25, 0.3) is 0 Å². The van der Waals surface area contributed by atoms with Gasteiger partial charge in [-0.3, -0.25) is 20.3 Å². The van der Waals surface area contributed by atoms with Crippen LogP contribution >= 0.6 is 0 Å². The number of guanidine groups is 1. The second kappa shape index (κ2) is 3.79. The molecule has 1 aliphatic rings. The van der Waals surface area contributed by atoms with Crippen molar-refractivity contribution in [2.45, 2.75) is 6.92 Å². The number of ether oxygens (including phenoxy) is 1. The third kappa shape index (κ3) is 2.11. The summed E-state index contributed by atoms with van der Waals surface area (Å²) in [6.45, 7) is 1.87. The van der Waals surface area contributed by atoms with Crippen molar-refractivity contribution >= 4 is 24.1 Å². The lowest BCUT2D eigenvalue weighted by atomic mass is 10.1. The number of esters is 1. The van der Waals surface area contributed by atoms with Crippen LogP contribution in [-0.2, 0) is 14.3 Å². The number of carbonyl (C=O) groups excluding carboxylic acids is 2. The zero-order chi connectivity index (χ0) is 9.84. The molecule has 6 heteroatoms. The topological polar surface area (TPSA) is 91.6 Å². The maximum absolute atomic E-state index is 11.1. The average Bonchev–Trinajstić information content (AvgIpc) is 2.04. The Kier molecular flexibility index (Phi) is 2.73. The third-order valence-electron chi connectivity index (χ3n) is 1.42. The Labute approximate surface area is 74.5 Å². The minimum absolute atomic E-state index is 0.216. The Balaban J connectivity index is 2.70. The monoisotopic (exact) mass is 183 g/mol. The fourth-order valence-corrected chi connectivity index (χ4v) is 0.843. The molecule has 0 aromatic carbocycles. The highest BCUT2D eigenvalue weighted by Gasteiger charge is 2.29. The van der Waals surface area contributed by atoms with E-state index in [9.17, 15) is 9.59 Å². The Morgan fingerprint density at radius 2 is 2.54 bits per heavy atom. The number of hydrogen-bond donors (Lipinski definition) is 2. The first-order chi connectivity index (χ1) is 6.15. The van der Waals surface area contributed by atoms with Gasteiger partial charge in [-0.15, -0.1) is 0 Å². The number of rotatable bonds is 2. The molecule has 0 radical (unpaired) electrons. The smallest absolute Gasteiger partial charge is 0.324 e. The second-order valence-corrected chi connectivity index (χ2v) is 2.35. The van der Waals surface area contributed by atoms with Gasteiger partial charge in [-0.2, -0.15) is 0 Å². The number of amides is 1. The first kappa shape index (κ1) is 9.37. The molecule has 0 saturated carbocycles. The molecular weight excluding hydrogens is 174 g/mol. The molecular formula is C7H9N3O3. The molecule has 70 valence electrons. The molecule has 0 aromatic heterocycles. The molecule has 1 unspecified atom stereocenters. The molecule has 13 heavy (non-hydrogen) atoms. The van der Waals surface area contributed by atoms with Crippen molar-refractivity contribution < 1.29 is 14.3 Å². The van der Waals surface area contributed by atoms with Crippen molar-refractivity contribution in [3.8, 4) is 0 Å². The predicted octanol–water partition coefficient (Wildman–Crippen LogP) is -0.699. The molecule has 0 aliphatic carbocycles. The molecule has 1 aliphatic heterocycles. The van der Waals surface area contributed by atoms with E-state index in [1.807, 2.05) is 0 Å². The summed E-state index contributed by atoms with van der Waals surface area (Å²) in [5, 5.41) is 9.08. The maximum atomic E-state index is 11.1. The van der Waals surface area contributed by atoms with Crippen LogP contribution in [-0.4, -0.2) is 30.7 Å². The van der Waals surface area contributed by atoms with Gasteiger partial charge in [-0.25, -0.2) is 4.99 Å². The quantitative estimate of drug-likeness (QED) is 0.438. The molecule has 1 heterocycles. The highest BCUT2D eigenvalue weighted by molar-refractivity contribution is 6.19. The van der Waals surface area contributed by atoms with Crippen molar-refractivity contribution in [1.29, 1.82) is 5.41 Å². The van der Waals surface area contributed by atoms with Gasteiger partial charge in [-0.1, -0.05) is 0 Å². The summed E-state index contributed by atoms with van der Waals surface area (Å²) >= 11 is 0. The van der Waals surface area contributed by atoms with Crippen LogP contribution in [0.25, 0.3) is 0 Å². The number of nitrogens with one attached hydrogen (secondary N) is 2. The van der Waals surface area contributed by atoms with E-state index in [-0.39, 0.29) is 12.6 Å². The molecule has 1 rings (SSSR count). The summed E-state index contributed by atoms with van der Waals surface area (Å²) in [7, 11) is 0. The Hall–Kier alpha value is -1.72. The van der Waals surface area contributed by atoms with Gasteiger partial charge >= 0.3 is 5.97 Å². The Morgan fingerprint density at radius 1 is 1.85 bits per heavy atom. The zero-order valence-electron chi connectivity index (χ0n) is 7.03. The molecule has 2 N–H and O–H groups in total. The predicted molar refractivity (Wildman–Crippen MR) is 44.5 cm³/mol. The van der Waals surface area contributed by atoms with Gasteiger partial charge in [0.05, 0.1) is 6.61 Å². The second-order valence-electron chi connectivity index (χ2n) is 2.35. The molecule has 0 bridgehead atoms. The number of hydrogen-bond acceptors (Lipinski definition) is 4. The highest BCUT2D eigenvalue weighted by atomic mass is 16.5. The summed E-state index contributed by atoms with van der Waals surface area (Å²) < 4.78 is 4.63. The lowest BCUT2D eigenvalue weighted by Gasteiger charge is -2.14.